The number of hydrogen-bond donors (Lipinski definition) is 0. The van der Waals surface area contributed by atoms with Crippen molar-refractivity contribution in [2.24, 2.45) is 0 Å². The van der Waals surface area contributed by atoms with Crippen molar-refractivity contribution in [2.75, 3.05) is 0 Å². The lowest BCUT2D eigenvalue weighted by Crippen LogP contribution is -1.98. The van der Waals surface area contributed by atoms with Crippen molar-refractivity contribution in [2.45, 2.75) is 19.4 Å². The Morgan fingerprint density at radius 3 is 2.86 bits per heavy atom. The third-order valence-electron chi connectivity index (χ3n) is 2.91. The molecule has 0 saturated carbocycles. The lowest BCUT2D eigenvalue weighted by Gasteiger charge is -2.11. The Hall–Kier alpha value is -2.14. The van der Waals surface area contributed by atoms with Crippen LogP contribution in [0.5, 0.6) is 11.5 Å². The number of halogens is 1. The Labute approximate surface area is 126 Å². The minimum atomic E-state index is -0.382. The molecule has 0 bridgehead atoms. The summed E-state index contributed by atoms with van der Waals surface area (Å²) in [5.41, 5.74) is 1.74. The van der Waals surface area contributed by atoms with Gasteiger partial charge in [0.05, 0.1) is 10.4 Å². The first-order valence-corrected chi connectivity index (χ1v) is 7.53. The zero-order chi connectivity index (χ0) is 14.5. The van der Waals surface area contributed by atoms with Gasteiger partial charge in [-0.2, -0.15) is 0 Å². The van der Waals surface area contributed by atoms with Gasteiger partial charge < -0.3 is 9.47 Å². The summed E-state index contributed by atoms with van der Waals surface area (Å²) in [5, 5.41) is 0. The highest BCUT2D eigenvalue weighted by Gasteiger charge is 2.06. The van der Waals surface area contributed by atoms with Crippen LogP contribution in [-0.2, 0) is 6.61 Å². The van der Waals surface area contributed by atoms with Gasteiger partial charge in [0, 0.05) is 24.4 Å². The summed E-state index contributed by atoms with van der Waals surface area (Å²) in [5.74, 6) is 1.23. The normalized spacial score (nSPS) is 13.9. The predicted octanol–water partition coefficient (Wildman–Crippen LogP) is 4.47. The molecule has 1 aromatic heterocycles. The van der Waals surface area contributed by atoms with E-state index < -0.39 is 0 Å². The molecule has 1 aliphatic rings. The summed E-state index contributed by atoms with van der Waals surface area (Å²) in [6.45, 7) is 0.371. The summed E-state index contributed by atoms with van der Waals surface area (Å²) in [6, 6.07) is 4.38. The molecule has 21 heavy (non-hydrogen) atoms. The van der Waals surface area contributed by atoms with E-state index in [1.54, 1.807) is 17.8 Å². The number of aromatic nitrogens is 1. The first-order valence-electron chi connectivity index (χ1n) is 6.65. The van der Waals surface area contributed by atoms with Crippen LogP contribution in [0.4, 0.5) is 4.39 Å². The second-order valence-corrected chi connectivity index (χ2v) is 5.54. The molecule has 0 aliphatic heterocycles. The molecule has 0 amide bonds. The summed E-state index contributed by atoms with van der Waals surface area (Å²) < 4.78 is 24.9. The first-order chi connectivity index (χ1) is 10.3. The summed E-state index contributed by atoms with van der Waals surface area (Å²) >= 11 is 1.50. The number of rotatable bonds is 5. The van der Waals surface area contributed by atoms with Gasteiger partial charge in [-0.05, 0) is 25.0 Å². The number of allylic oxidation sites excluding steroid dienone is 3. The molecule has 0 fully saturated rings. The smallest absolute Gasteiger partial charge is 0.134 e. The third kappa shape index (κ3) is 3.92. The number of hydrogen-bond acceptors (Lipinski definition) is 4. The highest BCUT2D eigenvalue weighted by Crippen LogP contribution is 2.26. The van der Waals surface area contributed by atoms with Crippen LogP contribution in [0, 0.1) is 5.82 Å². The van der Waals surface area contributed by atoms with E-state index >= 15 is 0 Å². The van der Waals surface area contributed by atoms with Crippen molar-refractivity contribution in [1.82, 2.24) is 4.98 Å². The van der Waals surface area contributed by atoms with Crippen LogP contribution >= 0.6 is 11.3 Å². The largest absolute Gasteiger partial charge is 0.488 e. The van der Waals surface area contributed by atoms with E-state index in [9.17, 15) is 4.39 Å². The highest BCUT2D eigenvalue weighted by molar-refractivity contribution is 7.09. The molecule has 3 rings (SSSR count). The van der Waals surface area contributed by atoms with Crippen LogP contribution in [0.2, 0.25) is 0 Å². The summed E-state index contributed by atoms with van der Waals surface area (Å²) in [4.78, 5) is 4.96. The summed E-state index contributed by atoms with van der Waals surface area (Å²) in [7, 11) is 0. The van der Waals surface area contributed by atoms with E-state index in [1.165, 1.54) is 23.5 Å². The number of nitrogens with zero attached hydrogens (tertiary/aromatic N) is 1. The van der Waals surface area contributed by atoms with Crippen LogP contribution < -0.4 is 9.47 Å². The maximum Gasteiger partial charge on any atom is 0.134 e. The van der Waals surface area contributed by atoms with Crippen LogP contribution in [0.15, 0.2) is 53.9 Å². The van der Waals surface area contributed by atoms with Crippen LogP contribution in [0.1, 0.15) is 17.7 Å². The zero-order valence-corrected chi connectivity index (χ0v) is 12.1. The fourth-order valence-electron chi connectivity index (χ4n) is 1.95. The molecular weight excluding hydrogens is 289 g/mol. The van der Waals surface area contributed by atoms with E-state index in [1.807, 2.05) is 18.2 Å². The van der Waals surface area contributed by atoms with Crippen LogP contribution in [0.3, 0.4) is 0 Å². The quantitative estimate of drug-likeness (QED) is 0.816. The monoisotopic (exact) mass is 303 g/mol. The van der Waals surface area contributed by atoms with Crippen molar-refractivity contribution in [3.05, 3.63) is 64.6 Å². The summed E-state index contributed by atoms with van der Waals surface area (Å²) in [6.07, 6.45) is 9.61. The fraction of sp³-hybridized carbons (Fsp3) is 0.188. The van der Waals surface area contributed by atoms with E-state index in [2.05, 4.69) is 4.98 Å². The van der Waals surface area contributed by atoms with Gasteiger partial charge in [0.1, 0.15) is 29.7 Å². The molecule has 0 atom stereocenters. The minimum Gasteiger partial charge on any atom is -0.488 e. The number of thiazole rings is 1. The lowest BCUT2D eigenvalue weighted by atomic mass is 10.2. The molecule has 0 spiro atoms. The Bertz CT molecular complexity index is 665. The second-order valence-electron chi connectivity index (χ2n) is 4.57. The Balaban J connectivity index is 1.70. The molecule has 1 aromatic carbocycles. The molecule has 0 saturated heterocycles. The third-order valence-corrected chi connectivity index (χ3v) is 3.66. The number of ether oxygens (including phenoxy) is 2. The molecule has 0 unspecified atom stereocenters. The van der Waals surface area contributed by atoms with Crippen LogP contribution in [0.25, 0.3) is 0 Å². The van der Waals surface area contributed by atoms with Crippen molar-refractivity contribution in [3.63, 3.8) is 0 Å². The van der Waals surface area contributed by atoms with Crippen molar-refractivity contribution < 1.29 is 13.9 Å². The molecular formula is C16H14FNO2S. The van der Waals surface area contributed by atoms with E-state index in [0.29, 0.717) is 18.1 Å². The molecule has 3 nitrogen and oxygen atoms in total. The Kier molecular flexibility index (Phi) is 4.31. The van der Waals surface area contributed by atoms with Gasteiger partial charge in [-0.25, -0.2) is 4.39 Å². The van der Waals surface area contributed by atoms with Gasteiger partial charge in [-0.3, -0.25) is 4.98 Å². The molecule has 108 valence electrons. The molecule has 1 aliphatic carbocycles. The lowest BCUT2D eigenvalue weighted by molar-refractivity contribution is 0.305. The minimum absolute atomic E-state index is 0.371. The van der Waals surface area contributed by atoms with Crippen molar-refractivity contribution >= 4 is 11.3 Å². The maximum atomic E-state index is 13.6. The average Bonchev–Trinajstić information content (AvgIpc) is 2.99. The van der Waals surface area contributed by atoms with Gasteiger partial charge in [-0.1, -0.05) is 6.08 Å². The van der Waals surface area contributed by atoms with Gasteiger partial charge in [0.15, 0.2) is 0 Å². The topological polar surface area (TPSA) is 31.4 Å². The van der Waals surface area contributed by atoms with Gasteiger partial charge >= 0.3 is 0 Å². The van der Waals surface area contributed by atoms with E-state index in [4.69, 9.17) is 9.47 Å². The van der Waals surface area contributed by atoms with Crippen molar-refractivity contribution in [1.29, 1.82) is 0 Å². The Morgan fingerprint density at radius 2 is 2.10 bits per heavy atom. The molecule has 2 aromatic rings. The van der Waals surface area contributed by atoms with Gasteiger partial charge in [0.2, 0.25) is 0 Å². The van der Waals surface area contributed by atoms with Gasteiger partial charge in [-0.15, -0.1) is 11.3 Å². The Morgan fingerprint density at radius 1 is 1.19 bits per heavy atom. The zero-order valence-electron chi connectivity index (χ0n) is 11.3. The molecule has 0 radical (unpaired) electrons. The highest BCUT2D eigenvalue weighted by atomic mass is 32.1. The van der Waals surface area contributed by atoms with Gasteiger partial charge in [0.25, 0.3) is 0 Å². The maximum absolute atomic E-state index is 13.6. The molecule has 5 heteroatoms. The molecule has 1 heterocycles. The SMILES string of the molecule is Fc1cc(OCc2cncs2)cc(OC2=CCCC=C2)c1. The van der Waals surface area contributed by atoms with E-state index in [-0.39, 0.29) is 5.82 Å². The van der Waals surface area contributed by atoms with Crippen molar-refractivity contribution in [3.8, 4) is 11.5 Å². The first kappa shape index (κ1) is 13.8. The second kappa shape index (κ2) is 6.54. The number of benzene rings is 1. The standard InChI is InChI=1S/C16H14FNO2S/c17-12-6-14(19-10-16-9-18-11-21-16)8-15(7-12)20-13-4-2-1-3-5-13/h2,4-9,11H,1,3,10H2. The van der Waals surface area contributed by atoms with E-state index in [0.717, 1.165) is 23.5 Å². The molecule has 0 N–H and O–H groups in total. The van der Waals surface area contributed by atoms with Crippen LogP contribution in [-0.4, -0.2) is 4.98 Å². The fourth-order valence-corrected chi connectivity index (χ4v) is 2.45. The average molecular weight is 303 g/mol. The predicted molar refractivity (Wildman–Crippen MR) is 79.9 cm³/mol.